The van der Waals surface area contributed by atoms with Gasteiger partial charge in [-0.15, -0.1) is 0 Å². The number of benzene rings is 1. The standard InChI is InChI=1S/C13H14F3NOS/c1-2-19-7-3-6-18-12-5-4-10(9-17)8-11(12)13(14,15)16/h4-5,8H,2-3,6-7H2,1H3. The lowest BCUT2D eigenvalue weighted by Crippen LogP contribution is -2.10. The molecule has 0 fully saturated rings. The molecule has 0 unspecified atom stereocenters. The fourth-order valence-corrected chi connectivity index (χ4v) is 2.05. The SMILES string of the molecule is CCSCCCOc1ccc(C#N)cc1C(F)(F)F. The van der Waals surface area contributed by atoms with Crippen LogP contribution < -0.4 is 4.74 Å². The Labute approximate surface area is 114 Å². The molecule has 104 valence electrons. The molecule has 2 nitrogen and oxygen atoms in total. The van der Waals surface area contributed by atoms with Crippen molar-refractivity contribution >= 4 is 11.8 Å². The van der Waals surface area contributed by atoms with Crippen molar-refractivity contribution in [3.8, 4) is 11.8 Å². The third-order valence-electron chi connectivity index (χ3n) is 2.31. The summed E-state index contributed by atoms with van der Waals surface area (Å²) in [5.74, 6) is 1.62. The van der Waals surface area contributed by atoms with Gasteiger partial charge in [-0.1, -0.05) is 6.92 Å². The number of nitrogens with zero attached hydrogens (tertiary/aromatic N) is 1. The fraction of sp³-hybridized carbons (Fsp3) is 0.462. The Morgan fingerprint density at radius 1 is 1.37 bits per heavy atom. The van der Waals surface area contributed by atoms with Gasteiger partial charge in [0.1, 0.15) is 5.75 Å². The van der Waals surface area contributed by atoms with Gasteiger partial charge < -0.3 is 4.74 Å². The van der Waals surface area contributed by atoms with E-state index >= 15 is 0 Å². The van der Waals surface area contributed by atoms with Crippen molar-refractivity contribution in [2.24, 2.45) is 0 Å². The van der Waals surface area contributed by atoms with E-state index in [0.717, 1.165) is 17.6 Å². The number of rotatable bonds is 6. The Balaban J connectivity index is 2.74. The van der Waals surface area contributed by atoms with E-state index in [1.165, 1.54) is 12.1 Å². The lowest BCUT2D eigenvalue weighted by atomic mass is 10.1. The topological polar surface area (TPSA) is 33.0 Å². The minimum absolute atomic E-state index is 0.0267. The molecule has 1 aromatic carbocycles. The molecule has 0 aliphatic heterocycles. The van der Waals surface area contributed by atoms with Crippen LogP contribution in [0.4, 0.5) is 13.2 Å². The Hall–Kier alpha value is -1.35. The van der Waals surface area contributed by atoms with E-state index in [4.69, 9.17) is 10.00 Å². The van der Waals surface area contributed by atoms with Gasteiger partial charge in [0.25, 0.3) is 0 Å². The van der Waals surface area contributed by atoms with Crippen LogP contribution in [-0.4, -0.2) is 18.1 Å². The predicted octanol–water partition coefficient (Wildman–Crippen LogP) is 4.10. The van der Waals surface area contributed by atoms with E-state index < -0.39 is 11.7 Å². The summed E-state index contributed by atoms with van der Waals surface area (Å²) in [5, 5.41) is 8.63. The first-order valence-corrected chi connectivity index (χ1v) is 6.96. The summed E-state index contributed by atoms with van der Waals surface area (Å²) in [6, 6.07) is 5.03. The van der Waals surface area contributed by atoms with Crippen LogP contribution in [0.3, 0.4) is 0 Å². The van der Waals surface area contributed by atoms with Gasteiger partial charge in [0.2, 0.25) is 0 Å². The van der Waals surface area contributed by atoms with Crippen LogP contribution in [0.25, 0.3) is 0 Å². The molecule has 0 aromatic heterocycles. The summed E-state index contributed by atoms with van der Waals surface area (Å²) in [6.07, 6.45) is -3.82. The molecule has 0 aliphatic carbocycles. The molecule has 0 bridgehead atoms. The maximum atomic E-state index is 12.8. The zero-order valence-electron chi connectivity index (χ0n) is 10.5. The lowest BCUT2D eigenvalue weighted by molar-refractivity contribution is -0.139. The van der Waals surface area contributed by atoms with Gasteiger partial charge in [-0.25, -0.2) is 0 Å². The summed E-state index contributed by atoms with van der Waals surface area (Å²) in [4.78, 5) is 0. The number of nitriles is 1. The van der Waals surface area contributed by atoms with Gasteiger partial charge in [0, 0.05) is 0 Å². The molecule has 0 spiro atoms. The van der Waals surface area contributed by atoms with Crippen LogP contribution in [0.5, 0.6) is 5.75 Å². The van der Waals surface area contributed by atoms with Crippen molar-refractivity contribution in [1.29, 1.82) is 5.26 Å². The molecule has 0 saturated heterocycles. The molecule has 0 saturated carbocycles. The molecule has 0 heterocycles. The Kier molecular flexibility index (Phi) is 6.03. The number of alkyl halides is 3. The summed E-state index contributed by atoms with van der Waals surface area (Å²) < 4.78 is 43.6. The van der Waals surface area contributed by atoms with E-state index in [9.17, 15) is 13.2 Å². The molecular weight excluding hydrogens is 275 g/mol. The van der Waals surface area contributed by atoms with Crippen molar-refractivity contribution in [2.75, 3.05) is 18.1 Å². The van der Waals surface area contributed by atoms with Crippen molar-refractivity contribution in [1.82, 2.24) is 0 Å². The smallest absolute Gasteiger partial charge is 0.420 e. The third kappa shape index (κ3) is 5.03. The van der Waals surface area contributed by atoms with Crippen molar-refractivity contribution < 1.29 is 17.9 Å². The van der Waals surface area contributed by atoms with Crippen molar-refractivity contribution in [2.45, 2.75) is 19.5 Å². The highest BCUT2D eigenvalue weighted by molar-refractivity contribution is 7.99. The number of halogens is 3. The second-order valence-corrected chi connectivity index (χ2v) is 5.11. The summed E-state index contributed by atoms with van der Waals surface area (Å²) in [7, 11) is 0. The first kappa shape index (κ1) is 15.7. The van der Waals surface area contributed by atoms with Gasteiger partial charge in [-0.3, -0.25) is 0 Å². The average molecular weight is 289 g/mol. The zero-order valence-corrected chi connectivity index (χ0v) is 11.3. The first-order chi connectivity index (χ1) is 8.99. The summed E-state index contributed by atoms with van der Waals surface area (Å²) in [6.45, 7) is 2.26. The first-order valence-electron chi connectivity index (χ1n) is 5.81. The van der Waals surface area contributed by atoms with Crippen LogP contribution >= 0.6 is 11.8 Å². The lowest BCUT2D eigenvalue weighted by Gasteiger charge is -2.14. The highest BCUT2D eigenvalue weighted by Gasteiger charge is 2.34. The van der Waals surface area contributed by atoms with Gasteiger partial charge in [-0.05, 0) is 36.1 Å². The largest absolute Gasteiger partial charge is 0.493 e. The number of ether oxygens (including phenoxy) is 1. The van der Waals surface area contributed by atoms with Crippen LogP contribution in [0, 0.1) is 11.3 Å². The van der Waals surface area contributed by atoms with E-state index in [0.29, 0.717) is 6.42 Å². The molecule has 1 rings (SSSR count). The molecule has 0 N–H and O–H groups in total. The van der Waals surface area contributed by atoms with Gasteiger partial charge >= 0.3 is 6.18 Å². The second kappa shape index (κ2) is 7.29. The molecule has 6 heteroatoms. The number of thioether (sulfide) groups is 1. The van der Waals surface area contributed by atoms with Gasteiger partial charge in [0.05, 0.1) is 23.8 Å². The van der Waals surface area contributed by atoms with Crippen molar-refractivity contribution in [3.05, 3.63) is 29.3 Å². The maximum Gasteiger partial charge on any atom is 0.420 e. The zero-order chi connectivity index (χ0) is 14.3. The number of hydrogen-bond acceptors (Lipinski definition) is 3. The Morgan fingerprint density at radius 3 is 2.68 bits per heavy atom. The minimum Gasteiger partial charge on any atom is -0.493 e. The molecular formula is C13H14F3NOS. The number of hydrogen-bond donors (Lipinski definition) is 0. The third-order valence-corrected chi connectivity index (χ3v) is 3.29. The molecule has 0 amide bonds. The molecule has 1 aromatic rings. The predicted molar refractivity (Wildman–Crippen MR) is 69.3 cm³/mol. The second-order valence-electron chi connectivity index (χ2n) is 3.72. The molecule has 0 radical (unpaired) electrons. The van der Waals surface area contributed by atoms with Crippen LogP contribution in [0.2, 0.25) is 0 Å². The Morgan fingerprint density at radius 2 is 2.11 bits per heavy atom. The summed E-state index contributed by atoms with van der Waals surface area (Å²) >= 11 is 1.71. The van der Waals surface area contributed by atoms with E-state index in [1.807, 2.05) is 6.92 Å². The Bertz CT molecular complexity index is 454. The van der Waals surface area contributed by atoms with Gasteiger partial charge in [-0.2, -0.15) is 30.2 Å². The molecule has 0 aliphatic rings. The average Bonchev–Trinajstić information content (AvgIpc) is 2.37. The maximum absolute atomic E-state index is 12.8. The fourth-order valence-electron chi connectivity index (χ4n) is 1.43. The highest BCUT2D eigenvalue weighted by Crippen LogP contribution is 2.36. The molecule has 19 heavy (non-hydrogen) atoms. The van der Waals surface area contributed by atoms with Crippen LogP contribution in [0.1, 0.15) is 24.5 Å². The quantitative estimate of drug-likeness (QED) is 0.739. The molecule has 0 atom stereocenters. The highest BCUT2D eigenvalue weighted by atomic mass is 32.2. The summed E-state index contributed by atoms with van der Waals surface area (Å²) in [5.41, 5.74) is -0.920. The van der Waals surface area contributed by atoms with E-state index in [1.54, 1.807) is 17.8 Å². The van der Waals surface area contributed by atoms with Crippen LogP contribution in [-0.2, 0) is 6.18 Å². The van der Waals surface area contributed by atoms with E-state index in [2.05, 4.69) is 0 Å². The van der Waals surface area contributed by atoms with Crippen LogP contribution in [0.15, 0.2) is 18.2 Å². The normalized spacial score (nSPS) is 11.1. The monoisotopic (exact) mass is 289 g/mol. The minimum atomic E-state index is -4.51. The van der Waals surface area contributed by atoms with Crippen molar-refractivity contribution in [3.63, 3.8) is 0 Å². The van der Waals surface area contributed by atoms with E-state index in [-0.39, 0.29) is 17.9 Å². The van der Waals surface area contributed by atoms with Gasteiger partial charge in [0.15, 0.2) is 0 Å².